The molecule has 2 fully saturated rings. The lowest BCUT2D eigenvalue weighted by Crippen LogP contribution is -2.46. The van der Waals surface area contributed by atoms with E-state index < -0.39 is 10.0 Å². The Kier molecular flexibility index (Phi) is 4.52. The van der Waals surface area contributed by atoms with Gasteiger partial charge in [0, 0.05) is 23.1 Å². The third-order valence-electron chi connectivity index (χ3n) is 4.42. The largest absolute Gasteiger partial charge is 0.307 e. The van der Waals surface area contributed by atoms with E-state index in [1.165, 1.54) is 5.56 Å². The molecule has 22 heavy (non-hydrogen) atoms. The number of halogens is 1. The van der Waals surface area contributed by atoms with Crippen LogP contribution < -0.4 is 10.0 Å². The molecule has 2 aliphatic carbocycles. The van der Waals surface area contributed by atoms with Gasteiger partial charge in [-0.2, -0.15) is 0 Å². The van der Waals surface area contributed by atoms with Crippen molar-refractivity contribution in [2.75, 3.05) is 6.54 Å². The first-order valence-corrected chi connectivity index (χ1v) is 9.82. The smallest absolute Gasteiger partial charge is 0.214 e. The SMILES string of the molecule is CC(CNS(=O)(=O)C1CC1)NC1(Cc2ccc(Cl)cc2)CC1. The molecule has 1 unspecified atom stereocenters. The Balaban J connectivity index is 1.50. The van der Waals surface area contributed by atoms with Gasteiger partial charge in [-0.15, -0.1) is 0 Å². The van der Waals surface area contributed by atoms with Crippen LogP contribution in [0.1, 0.15) is 38.2 Å². The minimum Gasteiger partial charge on any atom is -0.307 e. The minimum atomic E-state index is -3.09. The summed E-state index contributed by atoms with van der Waals surface area (Å²) in [5.74, 6) is 0. The fourth-order valence-corrected chi connectivity index (χ4v) is 4.43. The minimum absolute atomic E-state index is 0.123. The zero-order chi connectivity index (χ0) is 15.8. The highest BCUT2D eigenvalue weighted by Crippen LogP contribution is 2.39. The molecule has 0 amide bonds. The van der Waals surface area contributed by atoms with Gasteiger partial charge in [0.25, 0.3) is 0 Å². The Bertz CT molecular complexity index is 622. The van der Waals surface area contributed by atoms with Crippen molar-refractivity contribution in [2.24, 2.45) is 0 Å². The van der Waals surface area contributed by atoms with E-state index in [2.05, 4.69) is 22.2 Å². The second-order valence-electron chi connectivity index (χ2n) is 6.72. The Morgan fingerprint density at radius 3 is 2.45 bits per heavy atom. The lowest BCUT2D eigenvalue weighted by Gasteiger charge is -2.23. The summed E-state index contributed by atoms with van der Waals surface area (Å²) in [5.41, 5.74) is 1.39. The van der Waals surface area contributed by atoms with E-state index in [4.69, 9.17) is 11.6 Å². The van der Waals surface area contributed by atoms with Crippen LogP contribution in [-0.4, -0.2) is 31.8 Å². The molecule has 0 radical (unpaired) electrons. The summed E-state index contributed by atoms with van der Waals surface area (Å²) in [4.78, 5) is 0. The van der Waals surface area contributed by atoms with Gasteiger partial charge in [-0.25, -0.2) is 13.1 Å². The molecule has 2 saturated carbocycles. The van der Waals surface area contributed by atoms with Crippen molar-refractivity contribution in [2.45, 2.75) is 55.9 Å². The quantitative estimate of drug-likeness (QED) is 0.763. The van der Waals surface area contributed by atoms with Gasteiger partial charge in [0.1, 0.15) is 0 Å². The van der Waals surface area contributed by atoms with E-state index in [-0.39, 0.29) is 16.8 Å². The van der Waals surface area contributed by atoms with Crippen LogP contribution in [0.25, 0.3) is 0 Å². The van der Waals surface area contributed by atoms with E-state index in [0.29, 0.717) is 6.54 Å². The van der Waals surface area contributed by atoms with Crippen LogP contribution in [0.5, 0.6) is 0 Å². The molecule has 1 aromatic carbocycles. The van der Waals surface area contributed by atoms with Crippen LogP contribution in [0.15, 0.2) is 24.3 Å². The number of hydrogen-bond acceptors (Lipinski definition) is 3. The summed E-state index contributed by atoms with van der Waals surface area (Å²) in [6, 6.07) is 8.08. The summed E-state index contributed by atoms with van der Waals surface area (Å²) in [5, 5.41) is 4.21. The van der Waals surface area contributed by atoms with Crippen molar-refractivity contribution in [3.8, 4) is 0 Å². The lowest BCUT2D eigenvalue weighted by atomic mass is 10.0. The summed E-state index contributed by atoms with van der Waals surface area (Å²) >= 11 is 5.92. The van der Waals surface area contributed by atoms with E-state index in [0.717, 1.165) is 37.1 Å². The maximum Gasteiger partial charge on any atom is 0.214 e. The maximum atomic E-state index is 11.9. The molecule has 0 aliphatic heterocycles. The number of benzene rings is 1. The molecule has 0 aromatic heterocycles. The van der Waals surface area contributed by atoms with E-state index in [1.807, 2.05) is 19.1 Å². The van der Waals surface area contributed by atoms with Crippen LogP contribution in [-0.2, 0) is 16.4 Å². The molecule has 2 N–H and O–H groups in total. The normalized spacial score (nSPS) is 21.5. The van der Waals surface area contributed by atoms with Crippen LogP contribution in [0.3, 0.4) is 0 Å². The molecule has 122 valence electrons. The predicted molar refractivity (Wildman–Crippen MR) is 89.7 cm³/mol. The molecule has 4 nitrogen and oxygen atoms in total. The van der Waals surface area contributed by atoms with Gasteiger partial charge >= 0.3 is 0 Å². The third kappa shape index (κ3) is 4.22. The number of sulfonamides is 1. The zero-order valence-electron chi connectivity index (χ0n) is 12.8. The Labute approximate surface area is 137 Å². The van der Waals surface area contributed by atoms with Gasteiger partial charge in [-0.1, -0.05) is 23.7 Å². The summed E-state index contributed by atoms with van der Waals surface area (Å²) in [7, 11) is -3.09. The zero-order valence-corrected chi connectivity index (χ0v) is 14.4. The highest BCUT2D eigenvalue weighted by molar-refractivity contribution is 7.90. The van der Waals surface area contributed by atoms with Gasteiger partial charge < -0.3 is 5.32 Å². The number of hydrogen-bond donors (Lipinski definition) is 2. The molecule has 1 aromatic rings. The van der Waals surface area contributed by atoms with Crippen molar-refractivity contribution in [3.05, 3.63) is 34.9 Å². The molecule has 0 saturated heterocycles. The van der Waals surface area contributed by atoms with Crippen molar-refractivity contribution < 1.29 is 8.42 Å². The predicted octanol–water partition coefficient (Wildman–Crippen LogP) is 2.48. The third-order valence-corrected chi connectivity index (χ3v) is 6.59. The van der Waals surface area contributed by atoms with Crippen molar-refractivity contribution in [1.29, 1.82) is 0 Å². The summed E-state index contributed by atoms with van der Waals surface area (Å²) in [6.07, 6.45) is 4.84. The highest BCUT2D eigenvalue weighted by Gasteiger charge is 2.43. The first kappa shape index (κ1) is 16.2. The van der Waals surface area contributed by atoms with E-state index >= 15 is 0 Å². The van der Waals surface area contributed by atoms with Crippen molar-refractivity contribution in [3.63, 3.8) is 0 Å². The Hall–Kier alpha value is -0.620. The molecule has 0 spiro atoms. The fraction of sp³-hybridized carbons (Fsp3) is 0.625. The van der Waals surface area contributed by atoms with Crippen LogP contribution in [0, 0.1) is 0 Å². The average molecular weight is 343 g/mol. The maximum absolute atomic E-state index is 11.9. The van der Waals surface area contributed by atoms with Gasteiger partial charge in [0.05, 0.1) is 5.25 Å². The molecular formula is C16H23ClN2O2S. The molecule has 2 aliphatic rings. The van der Waals surface area contributed by atoms with Crippen LogP contribution in [0.2, 0.25) is 5.02 Å². The van der Waals surface area contributed by atoms with Crippen molar-refractivity contribution in [1.82, 2.24) is 10.0 Å². The van der Waals surface area contributed by atoms with Crippen molar-refractivity contribution >= 4 is 21.6 Å². The molecular weight excluding hydrogens is 320 g/mol. The Morgan fingerprint density at radius 1 is 1.27 bits per heavy atom. The molecule has 3 rings (SSSR count). The van der Waals surface area contributed by atoms with E-state index in [9.17, 15) is 8.42 Å². The van der Waals surface area contributed by atoms with Gasteiger partial charge in [0.15, 0.2) is 0 Å². The number of rotatable bonds is 8. The standard InChI is InChI=1S/C16H23ClN2O2S/c1-12(11-18-22(20,21)15-6-7-15)19-16(8-9-16)10-13-2-4-14(17)5-3-13/h2-5,12,15,18-19H,6-11H2,1H3. The lowest BCUT2D eigenvalue weighted by molar-refractivity contribution is 0.421. The second-order valence-corrected chi connectivity index (χ2v) is 9.20. The highest BCUT2D eigenvalue weighted by atomic mass is 35.5. The summed E-state index contributed by atoms with van der Waals surface area (Å²) in [6.45, 7) is 2.50. The Morgan fingerprint density at radius 2 is 1.91 bits per heavy atom. The summed E-state index contributed by atoms with van der Waals surface area (Å²) < 4.78 is 26.4. The van der Waals surface area contributed by atoms with Crippen LogP contribution >= 0.6 is 11.6 Å². The van der Waals surface area contributed by atoms with E-state index in [1.54, 1.807) is 0 Å². The number of nitrogens with one attached hydrogen (secondary N) is 2. The van der Waals surface area contributed by atoms with Gasteiger partial charge in [-0.3, -0.25) is 0 Å². The first-order chi connectivity index (χ1) is 10.4. The molecule has 6 heteroatoms. The van der Waals surface area contributed by atoms with Gasteiger partial charge in [-0.05, 0) is 56.7 Å². The molecule has 1 atom stereocenters. The molecule has 0 heterocycles. The van der Waals surface area contributed by atoms with Gasteiger partial charge in [0.2, 0.25) is 10.0 Å². The first-order valence-electron chi connectivity index (χ1n) is 7.89. The fourth-order valence-electron chi connectivity index (χ4n) is 2.83. The van der Waals surface area contributed by atoms with Crippen LogP contribution in [0.4, 0.5) is 0 Å². The average Bonchev–Trinajstić information content (AvgIpc) is 3.34. The topological polar surface area (TPSA) is 58.2 Å². The molecule has 0 bridgehead atoms. The monoisotopic (exact) mass is 342 g/mol. The second kappa shape index (κ2) is 6.11.